The smallest absolute Gasteiger partial charge is 0.246 e. The number of aromatic nitrogens is 1. The topological polar surface area (TPSA) is 81.3 Å². The molecule has 0 atom stereocenters. The number of nitrogens with one attached hydrogen (secondary N) is 4. The number of guanidine groups is 1. The van der Waals surface area contributed by atoms with Crippen molar-refractivity contribution in [1.82, 2.24) is 15.6 Å². The van der Waals surface area contributed by atoms with Crippen LogP contribution in [0.1, 0.15) is 12.5 Å². The lowest BCUT2D eigenvalue weighted by molar-refractivity contribution is -0.114. The molecule has 0 aliphatic rings. The monoisotopic (exact) mass is 509 g/mol. The van der Waals surface area contributed by atoms with E-state index in [1.54, 1.807) is 6.07 Å². The molecular weight excluding hydrogens is 484 g/mol. The molecule has 154 valence electrons. The number of benzene rings is 2. The second-order valence-electron chi connectivity index (χ2n) is 6.29. The number of rotatable bonds is 7. The van der Waals surface area contributed by atoms with E-state index in [4.69, 9.17) is 0 Å². The van der Waals surface area contributed by atoms with Crippen molar-refractivity contribution in [3.05, 3.63) is 66.1 Å². The van der Waals surface area contributed by atoms with Crippen molar-refractivity contribution in [2.75, 3.05) is 25.0 Å². The van der Waals surface area contributed by atoms with Gasteiger partial charge in [-0.15, -0.1) is 24.0 Å². The van der Waals surface area contributed by atoms with Gasteiger partial charge in [-0.2, -0.15) is 0 Å². The van der Waals surface area contributed by atoms with Gasteiger partial charge in [0.15, 0.2) is 5.96 Å². The van der Waals surface area contributed by atoms with Gasteiger partial charge in [-0.3, -0.25) is 4.79 Å². The molecule has 0 aliphatic carbocycles. The quantitative estimate of drug-likeness (QED) is 0.223. The van der Waals surface area contributed by atoms with Crippen LogP contribution in [0, 0.1) is 5.82 Å². The Morgan fingerprint density at radius 1 is 1.14 bits per heavy atom. The number of H-pyrrole nitrogens is 1. The Bertz CT molecular complexity index is 958. The number of carbonyl (C=O) groups is 1. The molecule has 0 radical (unpaired) electrons. The van der Waals surface area contributed by atoms with E-state index in [2.05, 4.69) is 25.9 Å². The van der Waals surface area contributed by atoms with Gasteiger partial charge in [0.1, 0.15) is 12.4 Å². The molecule has 2 aromatic carbocycles. The standard InChI is InChI=1S/C21H24FN5O.HI/c1-2-23-21(26-14-20(28)27-17-6-4-3-5-7-17)24-11-10-15-13-25-19-12-16(22)8-9-18(15)19;/h3-9,12-13,25H,2,10-11,14H2,1H3,(H,27,28)(H2,23,24,26);1H. The zero-order valence-corrected chi connectivity index (χ0v) is 18.5. The summed E-state index contributed by atoms with van der Waals surface area (Å²) in [6.45, 7) is 3.32. The Balaban J connectivity index is 0.00000300. The minimum Gasteiger partial charge on any atom is -0.361 e. The van der Waals surface area contributed by atoms with Crippen molar-refractivity contribution in [1.29, 1.82) is 0 Å². The van der Waals surface area contributed by atoms with Crippen LogP contribution in [-0.4, -0.2) is 36.5 Å². The lowest BCUT2D eigenvalue weighted by atomic mass is 10.1. The first-order chi connectivity index (χ1) is 13.7. The number of hydrogen-bond donors (Lipinski definition) is 4. The number of amides is 1. The van der Waals surface area contributed by atoms with Gasteiger partial charge in [-0.25, -0.2) is 9.38 Å². The molecule has 1 aromatic heterocycles. The minimum absolute atomic E-state index is 0. The molecular formula is C21H25FIN5O. The van der Waals surface area contributed by atoms with Crippen LogP contribution in [0.25, 0.3) is 10.9 Å². The first-order valence-corrected chi connectivity index (χ1v) is 9.28. The molecule has 0 saturated heterocycles. The number of carbonyl (C=O) groups excluding carboxylic acids is 1. The summed E-state index contributed by atoms with van der Waals surface area (Å²) >= 11 is 0. The summed E-state index contributed by atoms with van der Waals surface area (Å²) in [6, 6.07) is 14.0. The molecule has 4 N–H and O–H groups in total. The Morgan fingerprint density at radius 3 is 2.69 bits per heavy atom. The van der Waals surface area contributed by atoms with Crippen LogP contribution in [-0.2, 0) is 11.2 Å². The second-order valence-corrected chi connectivity index (χ2v) is 6.29. The summed E-state index contributed by atoms with van der Waals surface area (Å²) < 4.78 is 13.3. The van der Waals surface area contributed by atoms with Gasteiger partial charge in [0.25, 0.3) is 0 Å². The maximum absolute atomic E-state index is 13.3. The third-order valence-electron chi connectivity index (χ3n) is 4.20. The van der Waals surface area contributed by atoms with Crippen LogP contribution in [0.2, 0.25) is 0 Å². The summed E-state index contributed by atoms with van der Waals surface area (Å²) in [5, 5.41) is 10.2. The summed E-state index contributed by atoms with van der Waals surface area (Å²) in [6.07, 6.45) is 2.63. The molecule has 0 fully saturated rings. The molecule has 0 aliphatic heterocycles. The fourth-order valence-electron chi connectivity index (χ4n) is 2.90. The molecule has 1 heterocycles. The van der Waals surface area contributed by atoms with E-state index in [0.717, 1.165) is 28.6 Å². The highest BCUT2D eigenvalue weighted by molar-refractivity contribution is 14.0. The maximum atomic E-state index is 13.3. The second kappa shape index (κ2) is 11.4. The highest BCUT2D eigenvalue weighted by atomic mass is 127. The van der Waals surface area contributed by atoms with Crippen LogP contribution in [0.5, 0.6) is 0 Å². The predicted octanol–water partition coefficient (Wildman–Crippen LogP) is 3.66. The molecule has 0 spiro atoms. The molecule has 0 saturated carbocycles. The molecule has 3 rings (SSSR count). The van der Waals surface area contributed by atoms with Crippen molar-refractivity contribution in [3.8, 4) is 0 Å². The lowest BCUT2D eigenvalue weighted by Crippen LogP contribution is -2.39. The molecule has 1 amide bonds. The third-order valence-corrected chi connectivity index (χ3v) is 4.20. The Morgan fingerprint density at radius 2 is 1.93 bits per heavy atom. The number of anilines is 1. The number of hydrogen-bond acceptors (Lipinski definition) is 2. The molecule has 0 unspecified atom stereocenters. The summed E-state index contributed by atoms with van der Waals surface area (Å²) in [5.74, 6) is 0.146. The van der Waals surface area contributed by atoms with E-state index in [0.29, 0.717) is 19.0 Å². The lowest BCUT2D eigenvalue weighted by Gasteiger charge is -2.11. The molecule has 0 bridgehead atoms. The minimum atomic E-state index is -0.255. The number of aromatic amines is 1. The van der Waals surface area contributed by atoms with Gasteiger partial charge >= 0.3 is 0 Å². The first-order valence-electron chi connectivity index (χ1n) is 9.28. The SMILES string of the molecule is CCNC(=NCC(=O)Nc1ccccc1)NCCc1c[nH]c2cc(F)ccc12.I. The Hall–Kier alpha value is -2.62. The van der Waals surface area contributed by atoms with Crippen molar-refractivity contribution < 1.29 is 9.18 Å². The van der Waals surface area contributed by atoms with Crippen LogP contribution in [0.4, 0.5) is 10.1 Å². The van der Waals surface area contributed by atoms with Crippen molar-refractivity contribution in [2.45, 2.75) is 13.3 Å². The van der Waals surface area contributed by atoms with Gasteiger partial charge in [0.05, 0.1) is 0 Å². The number of nitrogens with zero attached hydrogens (tertiary/aromatic N) is 1. The number of aliphatic imine (C=N–C) groups is 1. The fourth-order valence-corrected chi connectivity index (χ4v) is 2.90. The summed E-state index contributed by atoms with van der Waals surface area (Å²) in [5.41, 5.74) is 2.63. The molecule has 8 heteroatoms. The van der Waals surface area contributed by atoms with Gasteiger partial charge in [-0.1, -0.05) is 18.2 Å². The van der Waals surface area contributed by atoms with E-state index in [9.17, 15) is 9.18 Å². The van der Waals surface area contributed by atoms with E-state index in [-0.39, 0.29) is 42.2 Å². The van der Waals surface area contributed by atoms with Crippen LogP contribution >= 0.6 is 24.0 Å². The van der Waals surface area contributed by atoms with Crippen LogP contribution in [0.3, 0.4) is 0 Å². The van der Waals surface area contributed by atoms with E-state index in [1.807, 2.05) is 43.5 Å². The predicted molar refractivity (Wildman–Crippen MR) is 126 cm³/mol. The number of para-hydroxylation sites is 1. The zero-order chi connectivity index (χ0) is 19.8. The average Bonchev–Trinajstić information content (AvgIpc) is 3.09. The zero-order valence-electron chi connectivity index (χ0n) is 16.2. The van der Waals surface area contributed by atoms with Gasteiger partial charge in [0, 0.05) is 35.9 Å². The fraction of sp³-hybridized carbons (Fsp3) is 0.238. The van der Waals surface area contributed by atoms with Crippen molar-refractivity contribution in [2.24, 2.45) is 4.99 Å². The van der Waals surface area contributed by atoms with Crippen molar-refractivity contribution >= 4 is 52.4 Å². The van der Waals surface area contributed by atoms with Crippen LogP contribution in [0.15, 0.2) is 59.7 Å². The van der Waals surface area contributed by atoms with Gasteiger partial charge in [-0.05, 0) is 49.2 Å². The Kier molecular flexibility index (Phi) is 8.91. The molecule has 29 heavy (non-hydrogen) atoms. The van der Waals surface area contributed by atoms with Gasteiger partial charge in [0.2, 0.25) is 5.91 Å². The summed E-state index contributed by atoms with van der Waals surface area (Å²) in [4.78, 5) is 19.5. The van der Waals surface area contributed by atoms with E-state index in [1.165, 1.54) is 12.1 Å². The first kappa shape index (κ1) is 22.7. The van der Waals surface area contributed by atoms with Crippen molar-refractivity contribution in [3.63, 3.8) is 0 Å². The summed E-state index contributed by atoms with van der Waals surface area (Å²) in [7, 11) is 0. The highest BCUT2D eigenvalue weighted by Gasteiger charge is 2.06. The third kappa shape index (κ3) is 6.74. The molecule has 6 nitrogen and oxygen atoms in total. The van der Waals surface area contributed by atoms with Gasteiger partial charge < -0.3 is 20.9 Å². The average molecular weight is 509 g/mol. The number of fused-ring (bicyclic) bond motifs is 1. The Labute approximate surface area is 186 Å². The molecule has 3 aromatic rings. The van der Waals surface area contributed by atoms with Crippen LogP contribution < -0.4 is 16.0 Å². The van der Waals surface area contributed by atoms with E-state index >= 15 is 0 Å². The maximum Gasteiger partial charge on any atom is 0.246 e. The van der Waals surface area contributed by atoms with E-state index < -0.39 is 0 Å². The highest BCUT2D eigenvalue weighted by Crippen LogP contribution is 2.19. The normalized spacial score (nSPS) is 11.0. The largest absolute Gasteiger partial charge is 0.361 e. The number of halogens is 2.